The van der Waals surface area contributed by atoms with Crippen LogP contribution in [-0.4, -0.2) is 23.1 Å². The number of aromatic hydroxyl groups is 1. The van der Waals surface area contributed by atoms with E-state index in [-0.39, 0.29) is 28.2 Å². The van der Waals surface area contributed by atoms with Gasteiger partial charge in [-0.2, -0.15) is 0 Å². The number of urea groups is 1. The minimum atomic E-state index is -0.553. The number of rotatable bonds is 2. The van der Waals surface area contributed by atoms with Gasteiger partial charge in [-0.1, -0.05) is 32.9 Å². The zero-order chi connectivity index (χ0) is 17.5. The fourth-order valence-electron chi connectivity index (χ4n) is 4.46. The molecule has 4 N–H and O–H groups in total. The van der Waals surface area contributed by atoms with Crippen molar-refractivity contribution in [2.45, 2.75) is 46.1 Å². The van der Waals surface area contributed by atoms with E-state index in [1.165, 1.54) is 18.6 Å². The Bertz CT molecular complexity index is 673. The monoisotopic (exact) mass is 331 g/mol. The Balaban J connectivity index is 1.56. The minimum absolute atomic E-state index is 0.0801. The second-order valence-electron chi connectivity index (χ2n) is 7.73. The molecular weight excluding hydrogens is 306 g/mol. The van der Waals surface area contributed by atoms with Gasteiger partial charge in [0.1, 0.15) is 5.75 Å². The highest BCUT2D eigenvalue weighted by Crippen LogP contribution is 2.65. The van der Waals surface area contributed by atoms with Gasteiger partial charge in [-0.15, -0.1) is 0 Å². The summed E-state index contributed by atoms with van der Waals surface area (Å²) in [5.41, 5.74) is 5.12. The van der Waals surface area contributed by atoms with Crippen LogP contribution in [0.1, 0.15) is 50.4 Å². The first-order chi connectivity index (χ1) is 11.3. The van der Waals surface area contributed by atoms with E-state index in [2.05, 4.69) is 36.9 Å². The molecule has 2 saturated carbocycles. The van der Waals surface area contributed by atoms with E-state index in [1.54, 1.807) is 12.1 Å². The molecule has 2 aliphatic rings. The summed E-state index contributed by atoms with van der Waals surface area (Å²) >= 11 is 0. The van der Waals surface area contributed by atoms with E-state index >= 15 is 0 Å². The first kappa shape index (κ1) is 16.6. The van der Waals surface area contributed by atoms with Crippen molar-refractivity contribution >= 4 is 11.9 Å². The average Bonchev–Trinajstić information content (AvgIpc) is 2.86. The average molecular weight is 331 g/mol. The Kier molecular flexibility index (Phi) is 3.94. The number of hydrogen-bond acceptors (Lipinski definition) is 3. The lowest BCUT2D eigenvalue weighted by Gasteiger charge is -2.39. The molecule has 2 aliphatic carbocycles. The third-order valence-corrected chi connectivity index (χ3v) is 6.54. The highest BCUT2D eigenvalue weighted by Gasteiger charge is 2.61. The zero-order valence-corrected chi connectivity index (χ0v) is 14.3. The molecule has 3 unspecified atom stereocenters. The molecule has 0 heterocycles. The van der Waals surface area contributed by atoms with E-state index in [9.17, 15) is 14.7 Å². The lowest BCUT2D eigenvalue weighted by atomic mass is 9.69. The van der Waals surface area contributed by atoms with Crippen molar-refractivity contribution in [3.8, 4) is 5.75 Å². The maximum Gasteiger partial charge on any atom is 0.333 e. The molecule has 3 amide bonds. The molecule has 0 saturated heterocycles. The summed E-state index contributed by atoms with van der Waals surface area (Å²) in [6, 6.07) is 5.87. The van der Waals surface area contributed by atoms with E-state index < -0.39 is 11.9 Å². The first-order valence-corrected chi connectivity index (χ1v) is 8.40. The van der Waals surface area contributed by atoms with Crippen LogP contribution in [0.15, 0.2) is 24.3 Å². The summed E-state index contributed by atoms with van der Waals surface area (Å²) in [7, 11) is 0. The molecule has 2 fully saturated rings. The Morgan fingerprint density at radius 1 is 1.17 bits per heavy atom. The van der Waals surface area contributed by atoms with Crippen LogP contribution < -0.4 is 16.2 Å². The van der Waals surface area contributed by atoms with Crippen molar-refractivity contribution in [3.63, 3.8) is 0 Å². The number of para-hydroxylation sites is 1. The first-order valence-electron chi connectivity index (χ1n) is 8.40. The quantitative estimate of drug-likeness (QED) is 0.628. The second kappa shape index (κ2) is 5.69. The van der Waals surface area contributed by atoms with Gasteiger partial charge in [0.25, 0.3) is 5.91 Å². The predicted octanol–water partition coefficient (Wildman–Crippen LogP) is 2.55. The van der Waals surface area contributed by atoms with Gasteiger partial charge in [-0.05, 0) is 48.1 Å². The Hall–Kier alpha value is -2.24. The molecule has 6 heteroatoms. The summed E-state index contributed by atoms with van der Waals surface area (Å²) < 4.78 is 0. The second-order valence-corrected chi connectivity index (χ2v) is 7.73. The van der Waals surface area contributed by atoms with Crippen LogP contribution in [0.25, 0.3) is 0 Å². The van der Waals surface area contributed by atoms with Crippen molar-refractivity contribution in [2.75, 3.05) is 0 Å². The Morgan fingerprint density at radius 2 is 1.88 bits per heavy atom. The van der Waals surface area contributed by atoms with Gasteiger partial charge in [0.2, 0.25) is 0 Å². The van der Waals surface area contributed by atoms with E-state index in [0.717, 1.165) is 12.8 Å². The molecule has 130 valence electrons. The topological polar surface area (TPSA) is 90.5 Å². The summed E-state index contributed by atoms with van der Waals surface area (Å²) in [6.07, 6.45) is 3.30. The third-order valence-electron chi connectivity index (χ3n) is 6.54. The van der Waals surface area contributed by atoms with Gasteiger partial charge in [0, 0.05) is 6.04 Å². The number of nitrogens with one attached hydrogen (secondary N) is 3. The summed E-state index contributed by atoms with van der Waals surface area (Å²) in [6.45, 7) is 6.81. The summed E-state index contributed by atoms with van der Waals surface area (Å²) in [4.78, 5) is 24.1. The van der Waals surface area contributed by atoms with Gasteiger partial charge in [0.05, 0.1) is 5.56 Å². The van der Waals surface area contributed by atoms with Crippen LogP contribution in [-0.2, 0) is 0 Å². The van der Waals surface area contributed by atoms with E-state index in [4.69, 9.17) is 0 Å². The third kappa shape index (κ3) is 2.50. The SMILES string of the molecule is CC1(C)C2CCC1(C)C(NC(=O)NNC(=O)c1ccccc1O)C2. The highest BCUT2D eigenvalue weighted by atomic mass is 16.3. The number of carbonyl (C=O) groups excluding carboxylic acids is 2. The molecule has 0 aliphatic heterocycles. The molecule has 3 rings (SSSR count). The van der Waals surface area contributed by atoms with E-state index in [1.807, 2.05) is 0 Å². The van der Waals surface area contributed by atoms with Gasteiger partial charge >= 0.3 is 6.03 Å². The van der Waals surface area contributed by atoms with Gasteiger partial charge in [0.15, 0.2) is 0 Å². The molecule has 1 aromatic rings. The van der Waals surface area contributed by atoms with Gasteiger partial charge < -0.3 is 10.4 Å². The highest BCUT2D eigenvalue weighted by molar-refractivity contribution is 5.97. The fourth-order valence-corrected chi connectivity index (χ4v) is 4.46. The number of amides is 3. The van der Waals surface area contributed by atoms with Gasteiger partial charge in [-0.25, -0.2) is 10.2 Å². The summed E-state index contributed by atoms with van der Waals surface area (Å²) in [5.74, 6) is -0.0500. The van der Waals surface area contributed by atoms with Crippen molar-refractivity contribution in [3.05, 3.63) is 29.8 Å². The Labute approximate surface area is 142 Å². The van der Waals surface area contributed by atoms with Crippen molar-refractivity contribution < 1.29 is 14.7 Å². The lowest BCUT2D eigenvalue weighted by molar-refractivity contribution is 0.0928. The predicted molar refractivity (Wildman–Crippen MR) is 90.3 cm³/mol. The number of carbonyl (C=O) groups is 2. The molecule has 0 spiro atoms. The number of phenolic OH excluding ortho intramolecular Hbond substituents is 1. The zero-order valence-electron chi connectivity index (χ0n) is 14.3. The number of fused-ring (bicyclic) bond motifs is 2. The number of benzene rings is 1. The Morgan fingerprint density at radius 3 is 2.46 bits per heavy atom. The van der Waals surface area contributed by atoms with E-state index in [0.29, 0.717) is 5.92 Å². The molecule has 0 radical (unpaired) electrons. The van der Waals surface area contributed by atoms with Crippen molar-refractivity contribution in [1.29, 1.82) is 0 Å². The van der Waals surface area contributed by atoms with Gasteiger partial charge in [-0.3, -0.25) is 10.2 Å². The van der Waals surface area contributed by atoms with Crippen LogP contribution in [0.2, 0.25) is 0 Å². The molecule has 1 aromatic carbocycles. The summed E-state index contributed by atoms with van der Waals surface area (Å²) in [5, 5.41) is 12.7. The molecule has 0 aromatic heterocycles. The van der Waals surface area contributed by atoms with Crippen LogP contribution >= 0.6 is 0 Å². The maximum atomic E-state index is 12.1. The largest absolute Gasteiger partial charge is 0.507 e. The minimum Gasteiger partial charge on any atom is -0.507 e. The number of phenols is 1. The molecular formula is C18H25N3O3. The number of hydrazine groups is 1. The van der Waals surface area contributed by atoms with Crippen LogP contribution in [0, 0.1) is 16.7 Å². The molecule has 3 atom stereocenters. The standard InChI is InChI=1S/C18H25N3O3/c1-17(2)11-8-9-18(17,3)14(10-11)19-16(24)21-20-15(23)12-6-4-5-7-13(12)22/h4-7,11,14,22H,8-10H2,1-3H3,(H,20,23)(H2,19,21,24). The van der Waals surface area contributed by atoms with Crippen LogP contribution in [0.5, 0.6) is 5.75 Å². The lowest BCUT2D eigenvalue weighted by Crippen LogP contribution is -2.54. The maximum absolute atomic E-state index is 12.1. The molecule has 24 heavy (non-hydrogen) atoms. The van der Waals surface area contributed by atoms with Crippen molar-refractivity contribution in [1.82, 2.24) is 16.2 Å². The smallest absolute Gasteiger partial charge is 0.333 e. The molecule has 2 bridgehead atoms. The van der Waals surface area contributed by atoms with Crippen LogP contribution in [0.4, 0.5) is 4.79 Å². The fraction of sp³-hybridized carbons (Fsp3) is 0.556. The van der Waals surface area contributed by atoms with Crippen LogP contribution in [0.3, 0.4) is 0 Å². The number of hydrogen-bond donors (Lipinski definition) is 4. The van der Waals surface area contributed by atoms with Crippen molar-refractivity contribution in [2.24, 2.45) is 16.7 Å². The molecule has 6 nitrogen and oxygen atoms in total. The normalized spacial score (nSPS) is 30.0.